The third kappa shape index (κ3) is 5.11. The molecule has 2 heterocycles. The zero-order valence-corrected chi connectivity index (χ0v) is 16.9. The van der Waals surface area contributed by atoms with Crippen molar-refractivity contribution in [3.63, 3.8) is 0 Å². The van der Waals surface area contributed by atoms with E-state index in [-0.39, 0.29) is 0 Å². The summed E-state index contributed by atoms with van der Waals surface area (Å²) in [6.45, 7) is 6.38. The van der Waals surface area contributed by atoms with Crippen molar-refractivity contribution < 1.29 is 0 Å². The van der Waals surface area contributed by atoms with Crippen molar-refractivity contribution in [2.45, 2.75) is 31.3 Å². The van der Waals surface area contributed by atoms with Crippen LogP contribution in [0.2, 0.25) is 0 Å². The van der Waals surface area contributed by atoms with Crippen LogP contribution in [0, 0.1) is 0 Å². The van der Waals surface area contributed by atoms with Crippen molar-refractivity contribution in [3.8, 4) is 0 Å². The minimum atomic E-state index is 0.809. The van der Waals surface area contributed by atoms with E-state index in [0.717, 1.165) is 55.1 Å². The normalized spacial score (nSPS) is 15.3. The molecule has 1 aromatic carbocycles. The molecule has 26 heavy (non-hydrogen) atoms. The molecule has 3 rings (SSSR count). The average Bonchev–Trinajstić information content (AvgIpc) is 2.67. The summed E-state index contributed by atoms with van der Waals surface area (Å²) in [5.74, 6) is 1.87. The first-order chi connectivity index (χ1) is 12.7. The Morgan fingerprint density at radius 1 is 1.08 bits per heavy atom. The van der Waals surface area contributed by atoms with Crippen molar-refractivity contribution in [2.75, 3.05) is 49.7 Å². The monoisotopic (exact) mass is 371 g/mol. The summed E-state index contributed by atoms with van der Waals surface area (Å²) >= 11 is 1.58. The van der Waals surface area contributed by atoms with Crippen LogP contribution in [0.1, 0.15) is 25.3 Å². The molecule has 0 spiro atoms. The number of hydrogen-bond acceptors (Lipinski definition) is 6. The Balaban J connectivity index is 1.73. The number of nitrogens with one attached hydrogen (secondary N) is 1. The Morgan fingerprint density at radius 2 is 1.81 bits per heavy atom. The van der Waals surface area contributed by atoms with E-state index in [1.165, 1.54) is 18.4 Å². The number of benzene rings is 1. The largest absolute Gasteiger partial charge is 0.354 e. The highest BCUT2D eigenvalue weighted by atomic mass is 32.2. The quantitative estimate of drug-likeness (QED) is 0.585. The van der Waals surface area contributed by atoms with E-state index in [4.69, 9.17) is 4.98 Å². The summed E-state index contributed by atoms with van der Waals surface area (Å²) in [5.41, 5.74) is 2.46. The lowest BCUT2D eigenvalue weighted by Gasteiger charge is -2.33. The Bertz CT molecular complexity index is 696. The van der Waals surface area contributed by atoms with Gasteiger partial charge in [0.15, 0.2) is 5.16 Å². The molecule has 5 nitrogen and oxygen atoms in total. The first-order valence-corrected chi connectivity index (χ1v) is 10.6. The summed E-state index contributed by atoms with van der Waals surface area (Å²) < 4.78 is 0. The molecule has 1 aromatic heterocycles. The number of nitrogens with zero attached hydrogens (tertiary/aromatic N) is 4. The number of hydrogen-bond donors (Lipinski definition) is 1. The zero-order valence-electron chi connectivity index (χ0n) is 16.0. The van der Waals surface area contributed by atoms with Gasteiger partial charge in [0, 0.05) is 37.9 Å². The highest BCUT2D eigenvalue weighted by Crippen LogP contribution is 2.24. The highest BCUT2D eigenvalue weighted by molar-refractivity contribution is 7.98. The zero-order chi connectivity index (χ0) is 18.4. The van der Waals surface area contributed by atoms with Gasteiger partial charge in [0.2, 0.25) is 0 Å². The number of piperazine rings is 1. The minimum Gasteiger partial charge on any atom is -0.354 e. The number of aromatic nitrogens is 2. The molecule has 0 atom stereocenters. The van der Waals surface area contributed by atoms with Crippen LogP contribution in [0.4, 0.5) is 17.3 Å². The van der Waals surface area contributed by atoms with Crippen molar-refractivity contribution >= 4 is 29.1 Å². The lowest BCUT2D eigenvalue weighted by molar-refractivity contribution is 0.312. The van der Waals surface area contributed by atoms with Crippen molar-refractivity contribution in [3.05, 3.63) is 35.9 Å². The second-order valence-corrected chi connectivity index (χ2v) is 7.59. The number of thioether (sulfide) groups is 1. The summed E-state index contributed by atoms with van der Waals surface area (Å²) in [7, 11) is 2.17. The van der Waals surface area contributed by atoms with Gasteiger partial charge in [-0.2, -0.15) is 0 Å². The summed E-state index contributed by atoms with van der Waals surface area (Å²) in [6, 6.07) is 10.8. The standard InChI is InChI=1S/C20H29N5S/c1-4-5-6-16-7-9-17(10-8-16)21-18-15-19(23-20(22-18)26-3)25-13-11-24(2)12-14-25/h7-10,15H,4-6,11-14H2,1-3H3,(H,21,22,23). The lowest BCUT2D eigenvalue weighted by Crippen LogP contribution is -2.44. The van der Waals surface area contributed by atoms with E-state index in [1.54, 1.807) is 11.8 Å². The number of anilines is 3. The van der Waals surface area contributed by atoms with Crippen molar-refractivity contribution in [1.82, 2.24) is 14.9 Å². The van der Waals surface area contributed by atoms with E-state index in [1.807, 2.05) is 6.26 Å². The van der Waals surface area contributed by atoms with Gasteiger partial charge < -0.3 is 15.1 Å². The van der Waals surface area contributed by atoms with Crippen LogP contribution >= 0.6 is 11.8 Å². The van der Waals surface area contributed by atoms with Crippen molar-refractivity contribution in [2.24, 2.45) is 0 Å². The third-order valence-electron chi connectivity index (χ3n) is 4.75. The van der Waals surface area contributed by atoms with Gasteiger partial charge in [-0.05, 0) is 43.8 Å². The first kappa shape index (κ1) is 19.0. The predicted octanol–water partition coefficient (Wildman–Crippen LogP) is 4.04. The van der Waals surface area contributed by atoms with Crippen LogP contribution < -0.4 is 10.2 Å². The molecule has 1 aliphatic heterocycles. The molecule has 1 saturated heterocycles. The second-order valence-electron chi connectivity index (χ2n) is 6.81. The Hall–Kier alpha value is -1.79. The summed E-state index contributed by atoms with van der Waals surface area (Å²) in [4.78, 5) is 14.0. The van der Waals surface area contributed by atoms with Gasteiger partial charge in [-0.25, -0.2) is 9.97 Å². The van der Waals surface area contributed by atoms with Gasteiger partial charge in [-0.3, -0.25) is 0 Å². The first-order valence-electron chi connectivity index (χ1n) is 9.40. The molecule has 0 saturated carbocycles. The van der Waals surface area contributed by atoms with Crippen LogP contribution in [0.25, 0.3) is 0 Å². The van der Waals surface area contributed by atoms with Gasteiger partial charge in [0.1, 0.15) is 11.6 Å². The fourth-order valence-electron chi connectivity index (χ4n) is 3.05. The number of likely N-dealkylation sites (N-methyl/N-ethyl adjacent to an activating group) is 1. The fraction of sp³-hybridized carbons (Fsp3) is 0.500. The Morgan fingerprint density at radius 3 is 2.46 bits per heavy atom. The molecule has 1 N–H and O–H groups in total. The van der Waals surface area contributed by atoms with E-state index in [0.29, 0.717) is 0 Å². The van der Waals surface area contributed by atoms with E-state index >= 15 is 0 Å². The summed E-state index contributed by atoms with van der Waals surface area (Å²) in [6.07, 6.45) is 5.64. The molecular formula is C20H29N5S. The Labute approximate surface area is 161 Å². The van der Waals surface area contributed by atoms with Gasteiger partial charge in [0.25, 0.3) is 0 Å². The summed E-state index contributed by atoms with van der Waals surface area (Å²) in [5, 5.41) is 4.26. The van der Waals surface area contributed by atoms with E-state index < -0.39 is 0 Å². The average molecular weight is 372 g/mol. The second kappa shape index (κ2) is 9.24. The van der Waals surface area contributed by atoms with Crippen LogP contribution in [-0.2, 0) is 6.42 Å². The SMILES string of the molecule is CCCCc1ccc(Nc2cc(N3CCN(C)CC3)nc(SC)n2)cc1. The maximum Gasteiger partial charge on any atom is 0.191 e. The molecule has 140 valence electrons. The molecule has 0 radical (unpaired) electrons. The number of rotatable bonds is 7. The molecule has 0 aliphatic carbocycles. The van der Waals surface area contributed by atoms with Gasteiger partial charge in [0.05, 0.1) is 0 Å². The maximum atomic E-state index is 4.71. The molecule has 2 aromatic rings. The molecule has 1 fully saturated rings. The molecule has 1 aliphatic rings. The van der Waals surface area contributed by atoms with E-state index in [2.05, 4.69) is 64.4 Å². The van der Waals surface area contributed by atoms with Crippen LogP contribution in [0.15, 0.2) is 35.5 Å². The fourth-order valence-corrected chi connectivity index (χ4v) is 3.42. The number of unbranched alkanes of at least 4 members (excludes halogenated alkanes) is 1. The minimum absolute atomic E-state index is 0.809. The van der Waals surface area contributed by atoms with E-state index in [9.17, 15) is 0 Å². The van der Waals surface area contributed by atoms with Crippen LogP contribution in [0.3, 0.4) is 0 Å². The van der Waals surface area contributed by atoms with Crippen LogP contribution in [0.5, 0.6) is 0 Å². The highest BCUT2D eigenvalue weighted by Gasteiger charge is 2.17. The predicted molar refractivity (Wildman–Crippen MR) is 112 cm³/mol. The number of aryl methyl sites for hydroxylation is 1. The van der Waals surface area contributed by atoms with Crippen molar-refractivity contribution in [1.29, 1.82) is 0 Å². The topological polar surface area (TPSA) is 44.3 Å². The van der Waals surface area contributed by atoms with Gasteiger partial charge in [-0.15, -0.1) is 0 Å². The molecule has 6 heteroatoms. The van der Waals surface area contributed by atoms with Gasteiger partial charge in [-0.1, -0.05) is 37.2 Å². The maximum absolute atomic E-state index is 4.71. The smallest absolute Gasteiger partial charge is 0.191 e. The van der Waals surface area contributed by atoms with Gasteiger partial charge >= 0.3 is 0 Å². The molecule has 0 unspecified atom stereocenters. The lowest BCUT2D eigenvalue weighted by atomic mass is 10.1. The molecule has 0 bridgehead atoms. The van der Waals surface area contributed by atoms with Crippen LogP contribution in [-0.4, -0.2) is 54.4 Å². The molecule has 0 amide bonds. The third-order valence-corrected chi connectivity index (χ3v) is 5.30. The Kier molecular flexibility index (Phi) is 6.74. The molecular weight excluding hydrogens is 342 g/mol.